The van der Waals surface area contributed by atoms with Gasteiger partial charge in [-0.15, -0.1) is 0 Å². The molecule has 0 aromatic heterocycles. The molecule has 178 valence electrons. The molecule has 1 unspecified atom stereocenters. The largest absolute Gasteiger partial charge is 0.497 e. The second kappa shape index (κ2) is 9.88. The molecule has 0 N–H and O–H groups in total. The van der Waals surface area contributed by atoms with E-state index in [1.807, 2.05) is 6.07 Å². The van der Waals surface area contributed by atoms with Gasteiger partial charge in [-0.2, -0.15) is 9.57 Å². The van der Waals surface area contributed by atoms with E-state index in [2.05, 4.69) is 0 Å². The first-order valence-corrected chi connectivity index (χ1v) is 12.3. The van der Waals surface area contributed by atoms with Gasteiger partial charge in [-0.1, -0.05) is 29.8 Å². The van der Waals surface area contributed by atoms with Crippen molar-refractivity contribution in [1.82, 2.24) is 4.31 Å². The number of sulfonamides is 1. The van der Waals surface area contributed by atoms with E-state index in [9.17, 15) is 18.0 Å². The van der Waals surface area contributed by atoms with Crippen LogP contribution in [0.15, 0.2) is 77.7 Å². The van der Waals surface area contributed by atoms with Gasteiger partial charge in [0, 0.05) is 11.6 Å². The maximum atomic E-state index is 13.7. The molecular formula is C25H20ClN3O5S. The molecule has 4 rings (SSSR count). The Bertz CT molecular complexity index is 1420. The van der Waals surface area contributed by atoms with Crippen molar-refractivity contribution in [2.24, 2.45) is 0 Å². The Hall–Kier alpha value is -3.71. The van der Waals surface area contributed by atoms with Gasteiger partial charge in [-0.25, -0.2) is 13.3 Å². The third-order valence-electron chi connectivity index (χ3n) is 5.68. The monoisotopic (exact) mass is 509 g/mol. The number of nitrogens with zero attached hydrogens (tertiary/aromatic N) is 3. The summed E-state index contributed by atoms with van der Waals surface area (Å²) in [6.45, 7) is -0.209. The molecule has 0 saturated carbocycles. The van der Waals surface area contributed by atoms with Gasteiger partial charge in [0.2, 0.25) is 15.9 Å². The summed E-state index contributed by atoms with van der Waals surface area (Å²) in [4.78, 5) is 27.2. The molecule has 1 aliphatic heterocycles. The summed E-state index contributed by atoms with van der Waals surface area (Å²) >= 11 is 6.30. The molecule has 0 spiro atoms. The van der Waals surface area contributed by atoms with Crippen molar-refractivity contribution in [3.63, 3.8) is 0 Å². The molecule has 0 bridgehead atoms. The fraction of sp³-hybridized carbons (Fsp3) is 0.160. The number of carbonyl (C=O) groups excluding carboxylic acids is 2. The Labute approximate surface area is 208 Å². The fourth-order valence-corrected chi connectivity index (χ4v) is 5.59. The molecule has 1 saturated heterocycles. The lowest BCUT2D eigenvalue weighted by molar-refractivity contribution is -0.122. The van der Waals surface area contributed by atoms with Crippen LogP contribution in [0.4, 0.5) is 5.69 Å². The smallest absolute Gasteiger partial charge is 0.252 e. The van der Waals surface area contributed by atoms with Crippen molar-refractivity contribution in [3.05, 3.63) is 88.9 Å². The number of carbonyl (C=O) groups is 2. The van der Waals surface area contributed by atoms with E-state index < -0.39 is 27.9 Å². The number of benzene rings is 3. The highest BCUT2D eigenvalue weighted by Gasteiger charge is 2.47. The lowest BCUT2D eigenvalue weighted by Crippen LogP contribution is -2.45. The van der Waals surface area contributed by atoms with Crippen molar-refractivity contribution in [3.8, 4) is 11.8 Å². The van der Waals surface area contributed by atoms with E-state index >= 15 is 0 Å². The molecular weight excluding hydrogens is 490 g/mol. The van der Waals surface area contributed by atoms with Crippen molar-refractivity contribution >= 4 is 39.1 Å². The van der Waals surface area contributed by atoms with Gasteiger partial charge in [0.1, 0.15) is 11.8 Å². The van der Waals surface area contributed by atoms with Gasteiger partial charge in [0.25, 0.3) is 5.91 Å². The maximum Gasteiger partial charge on any atom is 0.252 e. The Morgan fingerprint density at radius 3 is 2.31 bits per heavy atom. The average Bonchev–Trinajstić information content (AvgIpc) is 3.16. The van der Waals surface area contributed by atoms with Gasteiger partial charge in [0.05, 0.1) is 35.7 Å². The minimum Gasteiger partial charge on any atom is -0.497 e. The fourth-order valence-electron chi connectivity index (χ4n) is 3.84. The number of hydrogen-bond acceptors (Lipinski definition) is 6. The highest BCUT2D eigenvalue weighted by molar-refractivity contribution is 7.89. The number of hydrogen-bond donors (Lipinski definition) is 0. The van der Waals surface area contributed by atoms with Crippen LogP contribution in [0.2, 0.25) is 5.02 Å². The Morgan fingerprint density at radius 2 is 1.71 bits per heavy atom. The third kappa shape index (κ3) is 4.77. The van der Waals surface area contributed by atoms with Crippen LogP contribution in [0.1, 0.15) is 17.5 Å². The minimum atomic E-state index is -4.22. The van der Waals surface area contributed by atoms with Crippen LogP contribution in [0.5, 0.6) is 5.75 Å². The molecule has 1 aliphatic rings. The first-order chi connectivity index (χ1) is 16.8. The third-order valence-corrected chi connectivity index (χ3v) is 7.91. The predicted molar refractivity (Wildman–Crippen MR) is 129 cm³/mol. The quantitative estimate of drug-likeness (QED) is 0.449. The van der Waals surface area contributed by atoms with Crippen LogP contribution in [-0.2, 0) is 26.2 Å². The molecule has 0 aliphatic carbocycles. The zero-order chi connectivity index (χ0) is 25.2. The van der Waals surface area contributed by atoms with Gasteiger partial charge >= 0.3 is 0 Å². The lowest BCUT2D eigenvalue weighted by Gasteiger charge is -2.27. The number of halogens is 1. The van der Waals surface area contributed by atoms with Crippen LogP contribution >= 0.6 is 11.6 Å². The van der Waals surface area contributed by atoms with E-state index in [0.717, 1.165) is 9.21 Å². The molecule has 10 heteroatoms. The summed E-state index contributed by atoms with van der Waals surface area (Å²) in [7, 11) is -2.75. The van der Waals surface area contributed by atoms with E-state index in [4.69, 9.17) is 21.6 Å². The highest BCUT2D eigenvalue weighted by atomic mass is 35.5. The zero-order valence-electron chi connectivity index (χ0n) is 18.6. The second-order valence-corrected chi connectivity index (χ2v) is 10.1. The highest BCUT2D eigenvalue weighted by Crippen LogP contribution is 2.32. The maximum absolute atomic E-state index is 13.7. The molecule has 1 fully saturated rings. The van der Waals surface area contributed by atoms with Gasteiger partial charge in [-0.3, -0.25) is 9.59 Å². The second-order valence-electron chi connectivity index (χ2n) is 7.76. The molecule has 8 nitrogen and oxygen atoms in total. The van der Waals surface area contributed by atoms with Crippen molar-refractivity contribution in [1.29, 1.82) is 5.26 Å². The summed E-state index contributed by atoms with van der Waals surface area (Å²) in [5, 5.41) is 9.35. The molecule has 3 aromatic carbocycles. The van der Waals surface area contributed by atoms with Crippen LogP contribution in [0.3, 0.4) is 0 Å². The number of rotatable bonds is 7. The normalized spacial score (nSPS) is 15.9. The molecule has 3 aromatic rings. The van der Waals surface area contributed by atoms with Crippen LogP contribution in [-0.4, -0.2) is 37.7 Å². The van der Waals surface area contributed by atoms with Gasteiger partial charge in [0.15, 0.2) is 0 Å². The van der Waals surface area contributed by atoms with E-state index in [1.54, 1.807) is 24.3 Å². The van der Waals surface area contributed by atoms with Crippen molar-refractivity contribution in [2.45, 2.75) is 23.9 Å². The Morgan fingerprint density at radius 1 is 1.06 bits per heavy atom. The van der Waals surface area contributed by atoms with Crippen molar-refractivity contribution < 1.29 is 22.7 Å². The first kappa shape index (κ1) is 24.4. The summed E-state index contributed by atoms with van der Waals surface area (Å²) < 4.78 is 33.6. The number of imide groups is 1. The van der Waals surface area contributed by atoms with Gasteiger partial charge < -0.3 is 4.74 Å². The number of ether oxygens (including phenoxy) is 1. The van der Waals surface area contributed by atoms with E-state index in [1.165, 1.54) is 55.6 Å². The topological polar surface area (TPSA) is 108 Å². The minimum absolute atomic E-state index is 0.0533. The van der Waals surface area contributed by atoms with E-state index in [0.29, 0.717) is 21.9 Å². The Balaban J connectivity index is 1.75. The van der Waals surface area contributed by atoms with Gasteiger partial charge in [-0.05, 0) is 60.2 Å². The van der Waals surface area contributed by atoms with E-state index in [-0.39, 0.29) is 23.5 Å². The van der Waals surface area contributed by atoms with Crippen LogP contribution in [0.25, 0.3) is 0 Å². The summed E-state index contributed by atoms with van der Waals surface area (Å²) in [6, 6.07) is 19.1. The zero-order valence-corrected chi connectivity index (χ0v) is 20.2. The van der Waals surface area contributed by atoms with Crippen LogP contribution < -0.4 is 9.64 Å². The lowest BCUT2D eigenvalue weighted by atomic mass is 10.2. The number of anilines is 1. The molecule has 1 atom stereocenters. The number of nitriles is 1. The molecule has 0 radical (unpaired) electrons. The standard InChI is InChI=1S/C25H20ClN3O5S/c1-34-20-10-12-21(13-11-20)35(32,33)28(16-18-4-2-3-5-22(18)26)23-14-24(30)29(25(23)31)19-8-6-17(15-27)7-9-19/h2-13,23H,14,16H2,1H3. The van der Waals surface area contributed by atoms with Crippen LogP contribution in [0, 0.1) is 11.3 Å². The number of methoxy groups -OCH3 is 1. The first-order valence-electron chi connectivity index (χ1n) is 10.5. The predicted octanol–water partition coefficient (Wildman–Crippen LogP) is 3.74. The molecule has 2 amide bonds. The SMILES string of the molecule is COc1ccc(S(=O)(=O)N(Cc2ccccc2Cl)C2CC(=O)N(c3ccc(C#N)cc3)C2=O)cc1. The van der Waals surface area contributed by atoms with Crippen molar-refractivity contribution in [2.75, 3.05) is 12.0 Å². The number of amides is 2. The summed E-state index contributed by atoms with van der Waals surface area (Å²) in [5.74, 6) is -0.747. The molecule has 35 heavy (non-hydrogen) atoms. The summed E-state index contributed by atoms with van der Waals surface area (Å²) in [5.41, 5.74) is 1.12. The summed E-state index contributed by atoms with van der Waals surface area (Å²) in [6.07, 6.45) is -0.335. The molecule has 1 heterocycles. The Kier molecular flexibility index (Phi) is 6.89. The average molecular weight is 510 g/mol.